The summed E-state index contributed by atoms with van der Waals surface area (Å²) in [6.07, 6.45) is 6.23. The van der Waals surface area contributed by atoms with Gasteiger partial charge in [0.15, 0.2) is 0 Å². The minimum Gasteiger partial charge on any atom is -0.481 e. The molecule has 0 aromatic rings. The van der Waals surface area contributed by atoms with E-state index < -0.39 is 13.1 Å². The minimum atomic E-state index is -1.26. The normalized spacial score (nSPS) is 31.4. The van der Waals surface area contributed by atoms with Gasteiger partial charge in [0.25, 0.3) is 0 Å². The van der Waals surface area contributed by atoms with Gasteiger partial charge in [-0.05, 0) is 56.9 Å². The Morgan fingerprint density at radius 3 is 2.50 bits per heavy atom. The number of carbonyl (C=O) groups is 1. The molecule has 0 spiro atoms. The van der Waals surface area contributed by atoms with E-state index in [9.17, 15) is 9.90 Å². The van der Waals surface area contributed by atoms with Crippen LogP contribution in [0, 0.1) is 17.8 Å². The predicted molar refractivity (Wildman–Crippen MR) is 77.2 cm³/mol. The Labute approximate surface area is 121 Å². The molecule has 5 nitrogen and oxygen atoms in total. The van der Waals surface area contributed by atoms with Crippen LogP contribution >= 0.6 is 0 Å². The molecule has 1 aliphatic heterocycles. The number of hydrogen-bond donors (Lipinski definition) is 3. The summed E-state index contributed by atoms with van der Waals surface area (Å²) >= 11 is 0. The number of carboxylic acid groups (broad SMARTS) is 1. The van der Waals surface area contributed by atoms with E-state index in [2.05, 4.69) is 4.90 Å². The molecule has 0 amide bonds. The summed E-state index contributed by atoms with van der Waals surface area (Å²) in [5.41, 5.74) is 0. The molecule has 0 aromatic carbocycles. The molecule has 1 unspecified atom stereocenters. The predicted octanol–water partition coefficient (Wildman–Crippen LogP) is 1.06. The molecule has 2 rings (SSSR count). The summed E-state index contributed by atoms with van der Waals surface area (Å²) in [7, 11) is -1.26. The molecule has 3 N–H and O–H groups in total. The third-order valence-corrected chi connectivity index (χ3v) is 4.94. The van der Waals surface area contributed by atoms with E-state index in [1.165, 1.54) is 12.8 Å². The monoisotopic (exact) mass is 283 g/mol. The van der Waals surface area contributed by atoms with Crippen LogP contribution in [0.1, 0.15) is 38.5 Å². The van der Waals surface area contributed by atoms with Crippen molar-refractivity contribution in [1.29, 1.82) is 0 Å². The molecule has 0 aromatic heterocycles. The first-order valence-electron chi connectivity index (χ1n) is 7.87. The van der Waals surface area contributed by atoms with Gasteiger partial charge in [0, 0.05) is 6.54 Å². The van der Waals surface area contributed by atoms with Crippen LogP contribution in [0.15, 0.2) is 0 Å². The largest absolute Gasteiger partial charge is 0.481 e. The summed E-state index contributed by atoms with van der Waals surface area (Å²) in [6, 6.07) is 0. The molecule has 20 heavy (non-hydrogen) atoms. The van der Waals surface area contributed by atoms with Crippen LogP contribution in [0.4, 0.5) is 0 Å². The van der Waals surface area contributed by atoms with Crippen LogP contribution in [0.3, 0.4) is 0 Å². The van der Waals surface area contributed by atoms with Crippen LogP contribution < -0.4 is 0 Å². The van der Waals surface area contributed by atoms with E-state index in [1.54, 1.807) is 0 Å². The highest BCUT2D eigenvalue weighted by Crippen LogP contribution is 2.37. The maximum absolute atomic E-state index is 11.5. The fourth-order valence-electron chi connectivity index (χ4n) is 3.79. The second-order valence-corrected chi connectivity index (χ2v) is 6.45. The lowest BCUT2D eigenvalue weighted by Crippen LogP contribution is -2.38. The van der Waals surface area contributed by atoms with Crippen LogP contribution in [-0.4, -0.2) is 52.8 Å². The standard InChI is InChI=1S/C14H26BNO4/c17-14(18)13-9-11(5-6-15(19)20)3-4-12(13)10-16-7-1-2-8-16/h11-13,19-20H,1-10H2,(H,17,18)/t11?,12-,13-/m0/s1. The first-order chi connectivity index (χ1) is 9.56. The first kappa shape index (κ1) is 15.8. The highest BCUT2D eigenvalue weighted by Gasteiger charge is 2.36. The Kier molecular flexibility index (Phi) is 5.87. The number of likely N-dealkylation sites (tertiary alicyclic amines) is 1. The molecule has 1 heterocycles. The van der Waals surface area contributed by atoms with Crippen molar-refractivity contribution in [2.45, 2.75) is 44.8 Å². The van der Waals surface area contributed by atoms with Gasteiger partial charge in [-0.2, -0.15) is 0 Å². The molecule has 1 saturated carbocycles. The highest BCUT2D eigenvalue weighted by atomic mass is 16.4. The van der Waals surface area contributed by atoms with E-state index in [-0.39, 0.29) is 11.8 Å². The molecule has 3 atom stereocenters. The van der Waals surface area contributed by atoms with Crippen LogP contribution in [0.25, 0.3) is 0 Å². The average Bonchev–Trinajstić information content (AvgIpc) is 2.90. The number of hydrogen-bond acceptors (Lipinski definition) is 4. The Balaban J connectivity index is 1.85. The highest BCUT2D eigenvalue weighted by molar-refractivity contribution is 6.40. The smallest absolute Gasteiger partial charge is 0.451 e. The van der Waals surface area contributed by atoms with Gasteiger partial charge in [0.1, 0.15) is 0 Å². The van der Waals surface area contributed by atoms with Gasteiger partial charge < -0.3 is 20.1 Å². The van der Waals surface area contributed by atoms with Crippen molar-refractivity contribution in [3.63, 3.8) is 0 Å². The van der Waals surface area contributed by atoms with E-state index in [0.29, 0.717) is 18.7 Å². The maximum Gasteiger partial charge on any atom is 0.451 e. The number of aliphatic carboxylic acids is 1. The van der Waals surface area contributed by atoms with Crippen molar-refractivity contribution in [1.82, 2.24) is 4.90 Å². The molecule has 114 valence electrons. The molecular formula is C14H26BNO4. The topological polar surface area (TPSA) is 81.0 Å². The SMILES string of the molecule is O=C(O)[C@H]1CC(CCB(O)O)CC[C@H]1CN1CCCC1. The van der Waals surface area contributed by atoms with Gasteiger partial charge in [-0.3, -0.25) is 4.79 Å². The van der Waals surface area contributed by atoms with E-state index in [1.807, 2.05) is 0 Å². The second kappa shape index (κ2) is 7.43. The average molecular weight is 283 g/mol. The zero-order valence-corrected chi connectivity index (χ0v) is 12.1. The van der Waals surface area contributed by atoms with Gasteiger partial charge in [-0.25, -0.2) is 0 Å². The van der Waals surface area contributed by atoms with Crippen LogP contribution in [0.2, 0.25) is 6.32 Å². The van der Waals surface area contributed by atoms with Crippen molar-refractivity contribution >= 4 is 13.1 Å². The van der Waals surface area contributed by atoms with Crippen LogP contribution in [0.5, 0.6) is 0 Å². The second-order valence-electron chi connectivity index (χ2n) is 6.45. The Morgan fingerprint density at radius 2 is 1.90 bits per heavy atom. The van der Waals surface area contributed by atoms with Crippen molar-refractivity contribution in [3.05, 3.63) is 0 Å². The number of nitrogens with zero attached hydrogens (tertiary/aromatic N) is 1. The summed E-state index contributed by atoms with van der Waals surface area (Å²) < 4.78 is 0. The summed E-state index contributed by atoms with van der Waals surface area (Å²) in [5.74, 6) is -0.345. The number of carboxylic acids is 1. The zero-order valence-electron chi connectivity index (χ0n) is 12.1. The van der Waals surface area contributed by atoms with Crippen molar-refractivity contribution in [2.24, 2.45) is 17.8 Å². The molecule has 6 heteroatoms. The van der Waals surface area contributed by atoms with E-state index in [4.69, 9.17) is 10.0 Å². The maximum atomic E-state index is 11.5. The zero-order chi connectivity index (χ0) is 14.5. The Hall–Kier alpha value is -0.585. The third kappa shape index (κ3) is 4.47. The molecule has 2 fully saturated rings. The fourth-order valence-corrected chi connectivity index (χ4v) is 3.79. The van der Waals surface area contributed by atoms with Gasteiger partial charge in [-0.1, -0.05) is 12.8 Å². The van der Waals surface area contributed by atoms with Crippen molar-refractivity contribution < 1.29 is 19.9 Å². The molecule has 1 aliphatic carbocycles. The molecule has 1 saturated heterocycles. The van der Waals surface area contributed by atoms with Gasteiger partial charge in [-0.15, -0.1) is 0 Å². The Morgan fingerprint density at radius 1 is 1.20 bits per heavy atom. The summed E-state index contributed by atoms with van der Waals surface area (Å²) in [6.45, 7) is 3.15. The van der Waals surface area contributed by atoms with Crippen LogP contribution in [-0.2, 0) is 4.79 Å². The number of rotatable bonds is 6. The molecule has 2 aliphatic rings. The Bertz CT molecular complexity index is 320. The summed E-state index contributed by atoms with van der Waals surface area (Å²) in [4.78, 5) is 13.9. The van der Waals surface area contributed by atoms with Gasteiger partial charge >= 0.3 is 13.1 Å². The lowest BCUT2D eigenvalue weighted by molar-refractivity contribution is -0.146. The molecule has 0 bridgehead atoms. The van der Waals surface area contributed by atoms with Gasteiger partial charge in [0.05, 0.1) is 5.92 Å². The summed E-state index contributed by atoms with van der Waals surface area (Å²) in [5, 5.41) is 27.3. The molecular weight excluding hydrogens is 257 g/mol. The van der Waals surface area contributed by atoms with Gasteiger partial charge in [0.2, 0.25) is 0 Å². The van der Waals surface area contributed by atoms with Crippen molar-refractivity contribution in [3.8, 4) is 0 Å². The van der Waals surface area contributed by atoms with E-state index >= 15 is 0 Å². The lowest BCUT2D eigenvalue weighted by atomic mass is 9.70. The van der Waals surface area contributed by atoms with Crippen molar-refractivity contribution in [2.75, 3.05) is 19.6 Å². The fraction of sp³-hybridized carbons (Fsp3) is 0.929. The third-order valence-electron chi connectivity index (χ3n) is 4.94. The lowest BCUT2D eigenvalue weighted by Gasteiger charge is -2.36. The quantitative estimate of drug-likeness (QED) is 0.635. The first-order valence-corrected chi connectivity index (χ1v) is 7.87. The molecule has 0 radical (unpaired) electrons. The minimum absolute atomic E-state index is 0.259. The van der Waals surface area contributed by atoms with E-state index in [0.717, 1.165) is 38.9 Å².